The molecule has 2 N–H and O–H groups in total. The fraction of sp³-hybridized carbons (Fsp3) is 0.400. The lowest BCUT2D eigenvalue weighted by atomic mass is 9.62. The van der Waals surface area contributed by atoms with Crippen LogP contribution in [0, 0.1) is 17.0 Å². The second-order valence-corrected chi connectivity index (χ2v) is 11.1. The number of rotatable bonds is 3. The van der Waals surface area contributed by atoms with Crippen molar-refractivity contribution in [1.82, 2.24) is 4.90 Å². The molecule has 1 saturated heterocycles. The molecule has 1 spiro atoms. The molecule has 2 heterocycles. The Morgan fingerprint density at radius 2 is 1.74 bits per heavy atom. The number of carbonyl (C=O) groups excluding carboxylic acids is 2. The zero-order valence-electron chi connectivity index (χ0n) is 19.5. The lowest BCUT2D eigenvalue weighted by Crippen LogP contribution is -2.52. The summed E-state index contributed by atoms with van der Waals surface area (Å²) >= 11 is 12.0. The molecule has 4 unspecified atom stereocenters. The summed E-state index contributed by atoms with van der Waals surface area (Å²) in [7, 11) is 0. The summed E-state index contributed by atoms with van der Waals surface area (Å²) in [5, 5.41) is 12.6. The normalized spacial score (nSPS) is 25.7. The number of hydrogen-bond donors (Lipinski definition) is 2. The van der Waals surface area contributed by atoms with Gasteiger partial charge in [0.25, 0.3) is 0 Å². The van der Waals surface area contributed by atoms with E-state index in [4.69, 9.17) is 23.2 Å². The molecule has 2 amide bonds. The van der Waals surface area contributed by atoms with E-state index < -0.39 is 58.2 Å². The zero-order chi connectivity index (χ0) is 26.0. The van der Waals surface area contributed by atoms with Crippen molar-refractivity contribution in [3.8, 4) is 0 Å². The minimum absolute atomic E-state index is 0.194. The number of nitrogens with zero attached hydrogens (tertiary/aromatic N) is 1. The van der Waals surface area contributed by atoms with Gasteiger partial charge in [-0.15, -0.1) is 0 Å². The molecule has 4 rings (SSSR count). The molecule has 2 aliphatic rings. The number of halogens is 4. The van der Waals surface area contributed by atoms with E-state index >= 15 is 0 Å². The lowest BCUT2D eigenvalue weighted by Gasteiger charge is -2.39. The van der Waals surface area contributed by atoms with Crippen LogP contribution in [0.15, 0.2) is 30.3 Å². The molecule has 0 aliphatic carbocycles. The van der Waals surface area contributed by atoms with E-state index in [2.05, 4.69) is 5.32 Å². The molecule has 10 heteroatoms. The van der Waals surface area contributed by atoms with Crippen LogP contribution in [0.2, 0.25) is 10.0 Å². The summed E-state index contributed by atoms with van der Waals surface area (Å²) in [5.41, 5.74) is -1.50. The van der Waals surface area contributed by atoms with Crippen molar-refractivity contribution in [3.05, 3.63) is 63.1 Å². The van der Waals surface area contributed by atoms with E-state index in [1.807, 2.05) is 20.8 Å². The summed E-state index contributed by atoms with van der Waals surface area (Å²) in [6.07, 6.45) is 0.221. The van der Waals surface area contributed by atoms with Crippen LogP contribution in [0.1, 0.15) is 51.2 Å². The molecule has 2 aromatic carbocycles. The van der Waals surface area contributed by atoms with Crippen molar-refractivity contribution in [2.45, 2.75) is 57.5 Å². The Labute approximate surface area is 211 Å². The Morgan fingerprint density at radius 1 is 1.11 bits per heavy atom. The van der Waals surface area contributed by atoms with E-state index in [0.717, 1.165) is 12.1 Å². The van der Waals surface area contributed by atoms with Crippen LogP contribution in [-0.2, 0) is 19.8 Å². The molecule has 35 heavy (non-hydrogen) atoms. The van der Waals surface area contributed by atoms with Crippen LogP contribution in [0.25, 0.3) is 0 Å². The predicted molar refractivity (Wildman–Crippen MR) is 128 cm³/mol. The van der Waals surface area contributed by atoms with Gasteiger partial charge in [0, 0.05) is 18.5 Å². The molecule has 2 aliphatic heterocycles. The number of nitrogens with one attached hydrogen (secondary N) is 1. The summed E-state index contributed by atoms with van der Waals surface area (Å²) < 4.78 is 28.9. The SMILES string of the molecule is CC(=O)N1C(C(=O)O)C(c2ccc(F)c(Cl)c2)C2(C(=O)Nc3cc(Cl)c(F)cc32)C1CC(C)(C)C. The van der Waals surface area contributed by atoms with Crippen molar-refractivity contribution in [2.24, 2.45) is 5.41 Å². The van der Waals surface area contributed by atoms with Crippen LogP contribution >= 0.6 is 23.2 Å². The summed E-state index contributed by atoms with van der Waals surface area (Å²) in [5.74, 6) is -5.22. The third-order valence-corrected chi connectivity index (χ3v) is 7.40. The van der Waals surface area contributed by atoms with Crippen molar-refractivity contribution < 1.29 is 28.3 Å². The molecule has 6 nitrogen and oxygen atoms in total. The Bertz CT molecular complexity index is 1260. The molecule has 4 atom stereocenters. The monoisotopic (exact) mass is 524 g/mol. The summed E-state index contributed by atoms with van der Waals surface area (Å²) in [6, 6.07) is 3.61. The van der Waals surface area contributed by atoms with E-state index in [1.165, 1.54) is 30.0 Å². The third kappa shape index (κ3) is 3.87. The first-order chi connectivity index (χ1) is 16.2. The van der Waals surface area contributed by atoms with Crippen molar-refractivity contribution in [1.29, 1.82) is 0 Å². The second-order valence-electron chi connectivity index (χ2n) is 10.3. The number of fused-ring (bicyclic) bond motifs is 2. The van der Waals surface area contributed by atoms with Gasteiger partial charge in [0.1, 0.15) is 23.1 Å². The Hall–Kier alpha value is -2.71. The van der Waals surface area contributed by atoms with Crippen LogP contribution in [0.5, 0.6) is 0 Å². The summed E-state index contributed by atoms with van der Waals surface area (Å²) in [6.45, 7) is 6.92. The maximum atomic E-state index is 14.8. The molecule has 186 valence electrons. The number of carboxylic acid groups (broad SMARTS) is 1. The standard InChI is InChI=1S/C25H24Cl2F2N2O4/c1-11(32)31-19(10-24(2,3)4)25(13-8-17(29)15(27)9-18(13)30-23(25)35)20(21(31)22(33)34)12-5-6-16(28)14(26)7-12/h5-9,19-21H,10H2,1-4H3,(H,30,35)(H,33,34). The fourth-order valence-corrected chi connectivity index (χ4v) is 6.03. The highest BCUT2D eigenvalue weighted by molar-refractivity contribution is 6.31. The van der Waals surface area contributed by atoms with E-state index in [9.17, 15) is 28.3 Å². The Morgan fingerprint density at radius 3 is 2.29 bits per heavy atom. The number of anilines is 1. The number of aliphatic carboxylic acids is 1. The third-order valence-electron chi connectivity index (χ3n) is 6.82. The van der Waals surface area contributed by atoms with Crippen LogP contribution < -0.4 is 5.32 Å². The lowest BCUT2D eigenvalue weighted by molar-refractivity contribution is -0.149. The first kappa shape index (κ1) is 25.4. The average molecular weight is 525 g/mol. The van der Waals surface area contributed by atoms with E-state index in [0.29, 0.717) is 0 Å². The first-order valence-corrected chi connectivity index (χ1v) is 11.7. The van der Waals surface area contributed by atoms with Gasteiger partial charge in [-0.3, -0.25) is 9.59 Å². The molecular formula is C25H24Cl2F2N2O4. The van der Waals surface area contributed by atoms with E-state index in [1.54, 1.807) is 0 Å². The highest BCUT2D eigenvalue weighted by Crippen LogP contribution is 2.60. The zero-order valence-corrected chi connectivity index (χ0v) is 21.0. The van der Waals surface area contributed by atoms with Gasteiger partial charge in [0.05, 0.1) is 16.1 Å². The molecule has 0 bridgehead atoms. The molecule has 0 saturated carbocycles. The van der Waals surface area contributed by atoms with Gasteiger partial charge >= 0.3 is 5.97 Å². The highest BCUT2D eigenvalue weighted by atomic mass is 35.5. The minimum atomic E-state index is -1.70. The maximum absolute atomic E-state index is 14.8. The number of carbonyl (C=O) groups is 3. The molecule has 0 radical (unpaired) electrons. The number of amides is 2. The smallest absolute Gasteiger partial charge is 0.327 e. The number of carboxylic acids is 1. The second kappa shape index (κ2) is 8.45. The highest BCUT2D eigenvalue weighted by Gasteiger charge is 2.69. The van der Waals surface area contributed by atoms with Gasteiger partial charge in [-0.1, -0.05) is 50.0 Å². The predicted octanol–water partition coefficient (Wildman–Crippen LogP) is 5.37. The largest absolute Gasteiger partial charge is 0.480 e. The van der Waals surface area contributed by atoms with Crippen molar-refractivity contribution in [3.63, 3.8) is 0 Å². The van der Waals surface area contributed by atoms with E-state index in [-0.39, 0.29) is 33.3 Å². The molecular weight excluding hydrogens is 501 g/mol. The quantitative estimate of drug-likeness (QED) is 0.565. The Balaban J connectivity index is 2.14. The van der Waals surface area contributed by atoms with Crippen molar-refractivity contribution >= 4 is 46.7 Å². The van der Waals surface area contributed by atoms with Gasteiger partial charge in [0.2, 0.25) is 11.8 Å². The number of benzene rings is 2. The topological polar surface area (TPSA) is 86.7 Å². The first-order valence-electron chi connectivity index (χ1n) is 11.0. The van der Waals surface area contributed by atoms with Gasteiger partial charge < -0.3 is 15.3 Å². The van der Waals surface area contributed by atoms with Gasteiger partial charge in [-0.25, -0.2) is 13.6 Å². The number of hydrogen-bond acceptors (Lipinski definition) is 3. The maximum Gasteiger partial charge on any atom is 0.327 e. The van der Waals surface area contributed by atoms with Crippen LogP contribution in [-0.4, -0.2) is 39.9 Å². The minimum Gasteiger partial charge on any atom is -0.480 e. The fourth-order valence-electron chi connectivity index (χ4n) is 5.68. The summed E-state index contributed by atoms with van der Waals surface area (Å²) in [4.78, 5) is 40.8. The van der Waals surface area contributed by atoms with Crippen molar-refractivity contribution in [2.75, 3.05) is 5.32 Å². The number of likely N-dealkylation sites (tertiary alicyclic amines) is 1. The molecule has 0 aromatic heterocycles. The molecule has 1 fully saturated rings. The average Bonchev–Trinajstić information content (AvgIpc) is 3.17. The molecule has 2 aromatic rings. The van der Waals surface area contributed by atoms with Gasteiger partial charge in [-0.2, -0.15) is 0 Å². The Kier molecular flexibility index (Phi) is 6.13. The van der Waals surface area contributed by atoms with Crippen LogP contribution in [0.3, 0.4) is 0 Å². The van der Waals surface area contributed by atoms with Gasteiger partial charge in [0.15, 0.2) is 0 Å². The van der Waals surface area contributed by atoms with Gasteiger partial charge in [-0.05, 0) is 47.2 Å². The van der Waals surface area contributed by atoms with Crippen LogP contribution in [0.4, 0.5) is 14.5 Å².